The highest BCUT2D eigenvalue weighted by Crippen LogP contribution is 2.24. The van der Waals surface area contributed by atoms with E-state index in [0.29, 0.717) is 18.1 Å². The fourth-order valence-electron chi connectivity index (χ4n) is 3.16. The lowest BCUT2D eigenvalue weighted by Crippen LogP contribution is -2.14. The number of hydrogen-bond acceptors (Lipinski definition) is 4. The van der Waals surface area contributed by atoms with E-state index in [1.165, 1.54) is 0 Å². The quantitative estimate of drug-likeness (QED) is 0.389. The third-order valence-electron chi connectivity index (χ3n) is 4.56. The molecule has 3 aromatic carbocycles. The van der Waals surface area contributed by atoms with Crippen LogP contribution in [0.5, 0.6) is 5.75 Å². The number of ether oxygens (including phenoxy) is 1. The van der Waals surface area contributed by atoms with Crippen LogP contribution in [0.15, 0.2) is 77.3 Å². The number of amides is 1. The van der Waals surface area contributed by atoms with Gasteiger partial charge in [0.25, 0.3) is 5.91 Å². The molecule has 0 bridgehead atoms. The SMILES string of the molecule is CCOc1ccc(-n2nc(C(=O)Nc3cccc(Br)c3)nc2-c2cccc(C)c2)cc1. The Labute approximate surface area is 189 Å². The molecule has 0 aliphatic carbocycles. The largest absolute Gasteiger partial charge is 0.494 e. The van der Waals surface area contributed by atoms with E-state index in [1.54, 1.807) is 4.68 Å². The van der Waals surface area contributed by atoms with Crippen molar-refractivity contribution >= 4 is 27.5 Å². The van der Waals surface area contributed by atoms with E-state index in [-0.39, 0.29) is 11.7 Å². The minimum absolute atomic E-state index is 0.0883. The van der Waals surface area contributed by atoms with Gasteiger partial charge in [0, 0.05) is 15.7 Å². The Morgan fingerprint density at radius 2 is 1.84 bits per heavy atom. The van der Waals surface area contributed by atoms with Crippen LogP contribution in [0.2, 0.25) is 0 Å². The van der Waals surface area contributed by atoms with Gasteiger partial charge in [-0.3, -0.25) is 4.79 Å². The van der Waals surface area contributed by atoms with E-state index < -0.39 is 0 Å². The molecule has 0 spiro atoms. The zero-order chi connectivity index (χ0) is 21.8. The molecular weight excluding hydrogens is 456 g/mol. The molecule has 0 saturated heterocycles. The van der Waals surface area contributed by atoms with Crippen LogP contribution in [-0.2, 0) is 0 Å². The number of carbonyl (C=O) groups is 1. The molecule has 0 radical (unpaired) electrons. The number of nitrogens with zero attached hydrogens (tertiary/aromatic N) is 3. The molecule has 7 heteroatoms. The van der Waals surface area contributed by atoms with Crippen molar-refractivity contribution in [3.8, 4) is 22.8 Å². The van der Waals surface area contributed by atoms with Crippen LogP contribution < -0.4 is 10.1 Å². The number of rotatable bonds is 6. The van der Waals surface area contributed by atoms with Gasteiger partial charge in [-0.2, -0.15) is 0 Å². The van der Waals surface area contributed by atoms with Gasteiger partial charge in [-0.25, -0.2) is 9.67 Å². The number of nitrogens with one attached hydrogen (secondary N) is 1. The van der Waals surface area contributed by atoms with Crippen molar-refractivity contribution in [3.63, 3.8) is 0 Å². The van der Waals surface area contributed by atoms with Crippen molar-refractivity contribution in [1.29, 1.82) is 0 Å². The first-order chi connectivity index (χ1) is 15.0. The summed E-state index contributed by atoms with van der Waals surface area (Å²) in [6.07, 6.45) is 0. The Morgan fingerprint density at radius 1 is 1.06 bits per heavy atom. The fourth-order valence-corrected chi connectivity index (χ4v) is 3.56. The lowest BCUT2D eigenvalue weighted by molar-refractivity contribution is 0.101. The first-order valence-electron chi connectivity index (χ1n) is 9.88. The molecule has 31 heavy (non-hydrogen) atoms. The summed E-state index contributed by atoms with van der Waals surface area (Å²) in [4.78, 5) is 17.4. The van der Waals surface area contributed by atoms with Crippen LogP contribution in [0.4, 0.5) is 5.69 Å². The predicted octanol–water partition coefficient (Wildman–Crippen LogP) is 5.66. The van der Waals surface area contributed by atoms with Crippen LogP contribution in [0.1, 0.15) is 23.1 Å². The summed E-state index contributed by atoms with van der Waals surface area (Å²) < 4.78 is 8.09. The second kappa shape index (κ2) is 9.14. The first kappa shape index (κ1) is 20.8. The molecule has 4 aromatic rings. The summed E-state index contributed by atoms with van der Waals surface area (Å²) in [6, 6.07) is 22.9. The molecule has 0 fully saturated rings. The van der Waals surface area contributed by atoms with E-state index in [4.69, 9.17) is 4.74 Å². The fraction of sp³-hybridized carbons (Fsp3) is 0.125. The molecule has 0 atom stereocenters. The van der Waals surface area contributed by atoms with E-state index in [2.05, 4.69) is 31.3 Å². The van der Waals surface area contributed by atoms with Crippen LogP contribution in [0, 0.1) is 6.92 Å². The summed E-state index contributed by atoms with van der Waals surface area (Å²) in [5.74, 6) is 1.07. The molecule has 1 N–H and O–H groups in total. The van der Waals surface area contributed by atoms with E-state index in [1.807, 2.05) is 86.6 Å². The van der Waals surface area contributed by atoms with Gasteiger partial charge in [0.15, 0.2) is 5.82 Å². The molecule has 0 aliphatic rings. The minimum Gasteiger partial charge on any atom is -0.494 e. The summed E-state index contributed by atoms with van der Waals surface area (Å²) in [5.41, 5.74) is 3.42. The maximum Gasteiger partial charge on any atom is 0.295 e. The zero-order valence-corrected chi connectivity index (χ0v) is 18.8. The summed E-state index contributed by atoms with van der Waals surface area (Å²) in [7, 11) is 0. The smallest absolute Gasteiger partial charge is 0.295 e. The standard InChI is InChI=1S/C24H21BrN4O2/c1-3-31-21-12-10-20(11-13-21)29-23(17-7-4-6-16(2)14-17)27-22(28-29)24(30)26-19-9-5-8-18(25)15-19/h4-15H,3H2,1-2H3,(H,26,30). The van der Waals surface area contributed by atoms with Crippen LogP contribution in [0.25, 0.3) is 17.1 Å². The van der Waals surface area contributed by atoms with Crippen LogP contribution in [-0.4, -0.2) is 27.3 Å². The normalized spacial score (nSPS) is 10.7. The van der Waals surface area contributed by atoms with Crippen molar-refractivity contribution in [3.05, 3.63) is 88.7 Å². The lowest BCUT2D eigenvalue weighted by Gasteiger charge is -2.08. The maximum absolute atomic E-state index is 12.9. The minimum atomic E-state index is -0.378. The van der Waals surface area contributed by atoms with Gasteiger partial charge in [0.1, 0.15) is 5.75 Å². The second-order valence-corrected chi connectivity index (χ2v) is 7.85. The summed E-state index contributed by atoms with van der Waals surface area (Å²) in [5, 5.41) is 7.37. The number of carbonyl (C=O) groups excluding carboxylic acids is 1. The molecule has 1 aromatic heterocycles. The van der Waals surface area contributed by atoms with Gasteiger partial charge in [0.05, 0.1) is 12.3 Å². The molecule has 0 unspecified atom stereocenters. The summed E-state index contributed by atoms with van der Waals surface area (Å²) >= 11 is 3.41. The Hall–Kier alpha value is -3.45. The topological polar surface area (TPSA) is 69.0 Å². The van der Waals surface area contributed by atoms with Gasteiger partial charge in [-0.15, -0.1) is 5.10 Å². The Balaban J connectivity index is 1.73. The summed E-state index contributed by atoms with van der Waals surface area (Å²) in [6.45, 7) is 4.55. The van der Waals surface area contributed by atoms with Crippen molar-refractivity contribution in [1.82, 2.24) is 14.8 Å². The number of hydrogen-bond donors (Lipinski definition) is 1. The number of aryl methyl sites for hydroxylation is 1. The third-order valence-corrected chi connectivity index (χ3v) is 5.05. The van der Waals surface area contributed by atoms with E-state index >= 15 is 0 Å². The average Bonchev–Trinajstić information content (AvgIpc) is 3.20. The van der Waals surface area contributed by atoms with Crippen LogP contribution in [0.3, 0.4) is 0 Å². The monoisotopic (exact) mass is 476 g/mol. The van der Waals surface area contributed by atoms with Crippen molar-refractivity contribution in [2.45, 2.75) is 13.8 Å². The Bertz CT molecular complexity index is 1220. The highest BCUT2D eigenvalue weighted by molar-refractivity contribution is 9.10. The molecular formula is C24H21BrN4O2. The van der Waals surface area contributed by atoms with Crippen molar-refractivity contribution in [2.75, 3.05) is 11.9 Å². The number of anilines is 1. The second-order valence-electron chi connectivity index (χ2n) is 6.93. The molecule has 4 rings (SSSR count). The average molecular weight is 477 g/mol. The first-order valence-corrected chi connectivity index (χ1v) is 10.7. The molecule has 1 heterocycles. The lowest BCUT2D eigenvalue weighted by atomic mass is 10.1. The number of halogens is 1. The number of benzene rings is 3. The Kier molecular flexibility index (Phi) is 6.13. The predicted molar refractivity (Wildman–Crippen MR) is 125 cm³/mol. The molecule has 156 valence electrons. The maximum atomic E-state index is 12.9. The number of aromatic nitrogens is 3. The molecule has 1 amide bonds. The van der Waals surface area contributed by atoms with Gasteiger partial charge >= 0.3 is 0 Å². The third kappa shape index (κ3) is 4.83. The Morgan fingerprint density at radius 3 is 2.55 bits per heavy atom. The molecule has 6 nitrogen and oxygen atoms in total. The van der Waals surface area contributed by atoms with Crippen molar-refractivity contribution < 1.29 is 9.53 Å². The van der Waals surface area contributed by atoms with Crippen LogP contribution >= 0.6 is 15.9 Å². The van der Waals surface area contributed by atoms with E-state index in [0.717, 1.165) is 27.0 Å². The van der Waals surface area contributed by atoms with Crippen molar-refractivity contribution in [2.24, 2.45) is 0 Å². The highest BCUT2D eigenvalue weighted by atomic mass is 79.9. The van der Waals surface area contributed by atoms with Gasteiger partial charge < -0.3 is 10.1 Å². The van der Waals surface area contributed by atoms with Gasteiger partial charge in [-0.1, -0.05) is 45.8 Å². The molecule has 0 saturated carbocycles. The van der Waals surface area contributed by atoms with Gasteiger partial charge in [0.2, 0.25) is 5.82 Å². The van der Waals surface area contributed by atoms with Gasteiger partial charge in [-0.05, 0) is 62.4 Å². The highest BCUT2D eigenvalue weighted by Gasteiger charge is 2.19. The molecule has 0 aliphatic heterocycles. The van der Waals surface area contributed by atoms with E-state index in [9.17, 15) is 4.79 Å². The zero-order valence-electron chi connectivity index (χ0n) is 17.2.